The van der Waals surface area contributed by atoms with E-state index in [0.717, 1.165) is 13.0 Å². The molecular weight excluding hydrogens is 234 g/mol. The van der Waals surface area contributed by atoms with E-state index in [9.17, 15) is 4.79 Å². The summed E-state index contributed by atoms with van der Waals surface area (Å²) in [6, 6.07) is 10.7. The number of ketones is 1. The molecule has 0 aliphatic rings. The minimum atomic E-state index is -0.00704. The molecule has 1 aromatic rings. The fourth-order valence-corrected chi connectivity index (χ4v) is 2.55. The summed E-state index contributed by atoms with van der Waals surface area (Å²) >= 11 is 0. The summed E-state index contributed by atoms with van der Waals surface area (Å²) in [5.41, 5.74) is 1.24. The number of Topliss-reactive ketones (excluding diaryl/α,β-unsaturated/α-hetero) is 1. The molecule has 0 aliphatic carbocycles. The van der Waals surface area contributed by atoms with Crippen molar-refractivity contribution < 1.29 is 4.79 Å². The normalized spacial score (nSPS) is 13.3. The topological polar surface area (TPSA) is 20.3 Å². The Balaban J connectivity index is 2.95. The highest BCUT2D eigenvalue weighted by molar-refractivity contribution is 5.86. The molecule has 1 atom stereocenters. The van der Waals surface area contributed by atoms with E-state index in [-0.39, 0.29) is 12.0 Å². The Hall–Kier alpha value is -1.15. The van der Waals surface area contributed by atoms with Crippen LogP contribution in [0.1, 0.15) is 40.2 Å². The highest BCUT2D eigenvalue weighted by Gasteiger charge is 2.28. The summed E-state index contributed by atoms with van der Waals surface area (Å²) < 4.78 is 0. The van der Waals surface area contributed by atoms with Gasteiger partial charge >= 0.3 is 0 Å². The Morgan fingerprint density at radius 3 is 2.11 bits per heavy atom. The highest BCUT2D eigenvalue weighted by Crippen LogP contribution is 2.16. The van der Waals surface area contributed by atoms with Gasteiger partial charge in [0.05, 0.1) is 6.04 Å². The van der Waals surface area contributed by atoms with Crippen molar-refractivity contribution >= 4 is 5.78 Å². The summed E-state index contributed by atoms with van der Waals surface area (Å²) in [7, 11) is 0. The maximum absolute atomic E-state index is 12.5. The molecule has 2 heteroatoms. The zero-order chi connectivity index (χ0) is 14.4. The Morgan fingerprint density at radius 1 is 1.11 bits per heavy atom. The van der Waals surface area contributed by atoms with Gasteiger partial charge in [-0.25, -0.2) is 0 Å². The first-order valence-corrected chi connectivity index (χ1v) is 7.30. The van der Waals surface area contributed by atoms with Crippen LogP contribution in [0, 0.1) is 5.92 Å². The van der Waals surface area contributed by atoms with Crippen LogP contribution >= 0.6 is 0 Å². The quantitative estimate of drug-likeness (QED) is 0.748. The maximum atomic E-state index is 12.5. The van der Waals surface area contributed by atoms with Crippen LogP contribution in [0.4, 0.5) is 0 Å². The lowest BCUT2D eigenvalue weighted by molar-refractivity contribution is -0.128. The first kappa shape index (κ1) is 15.9. The molecule has 0 spiro atoms. The van der Waals surface area contributed by atoms with Crippen LogP contribution < -0.4 is 0 Å². The number of rotatable bonds is 7. The van der Waals surface area contributed by atoms with E-state index in [1.165, 1.54) is 5.56 Å². The number of likely N-dealkylation sites (N-methyl/N-ethyl adjacent to an activating group) is 1. The van der Waals surface area contributed by atoms with E-state index in [2.05, 4.69) is 37.8 Å². The minimum absolute atomic E-state index is 0.00704. The van der Waals surface area contributed by atoms with E-state index in [0.29, 0.717) is 11.8 Å². The summed E-state index contributed by atoms with van der Waals surface area (Å²) in [5.74, 6) is 0.431. The molecule has 1 aromatic carbocycles. The van der Waals surface area contributed by atoms with E-state index in [4.69, 9.17) is 0 Å². The molecule has 0 saturated heterocycles. The summed E-state index contributed by atoms with van der Waals surface area (Å²) in [6.07, 6.45) is 0.809. The Kier molecular flexibility index (Phi) is 6.23. The maximum Gasteiger partial charge on any atom is 0.152 e. The van der Waals surface area contributed by atoms with Crippen LogP contribution in [-0.4, -0.2) is 29.3 Å². The van der Waals surface area contributed by atoms with Gasteiger partial charge in [-0.2, -0.15) is 0 Å². The highest BCUT2D eigenvalue weighted by atomic mass is 16.1. The van der Waals surface area contributed by atoms with Crippen molar-refractivity contribution in [1.82, 2.24) is 4.90 Å². The van der Waals surface area contributed by atoms with Crippen LogP contribution in [0.5, 0.6) is 0 Å². The lowest BCUT2D eigenvalue weighted by Gasteiger charge is -2.34. The van der Waals surface area contributed by atoms with Crippen molar-refractivity contribution in [3.05, 3.63) is 35.9 Å². The SMILES string of the molecule is CCN(C(C)C)[C@@H](Cc1ccccc1)C(=O)C(C)C. The number of benzene rings is 1. The minimum Gasteiger partial charge on any atom is -0.298 e. The van der Waals surface area contributed by atoms with Gasteiger partial charge in [-0.1, -0.05) is 51.1 Å². The second kappa shape index (κ2) is 7.44. The third kappa shape index (κ3) is 4.46. The fourth-order valence-electron chi connectivity index (χ4n) is 2.55. The standard InChI is InChI=1S/C17H27NO/c1-6-18(14(4)5)16(17(19)13(2)3)12-15-10-8-7-9-11-15/h7-11,13-14,16H,6,12H2,1-5H3/t16-/m0/s1. The lowest BCUT2D eigenvalue weighted by Crippen LogP contribution is -2.47. The lowest BCUT2D eigenvalue weighted by atomic mass is 9.93. The van der Waals surface area contributed by atoms with Crippen molar-refractivity contribution in [3.8, 4) is 0 Å². The van der Waals surface area contributed by atoms with Gasteiger partial charge in [0.15, 0.2) is 5.78 Å². The van der Waals surface area contributed by atoms with Gasteiger partial charge in [0.1, 0.15) is 0 Å². The molecule has 0 saturated carbocycles. The van der Waals surface area contributed by atoms with Crippen LogP contribution in [0.2, 0.25) is 0 Å². The number of carbonyl (C=O) groups excluding carboxylic acids is 1. The van der Waals surface area contributed by atoms with Gasteiger partial charge in [0.25, 0.3) is 0 Å². The second-order valence-corrected chi connectivity index (χ2v) is 5.69. The Labute approximate surface area is 117 Å². The number of nitrogens with zero attached hydrogens (tertiary/aromatic N) is 1. The molecule has 0 unspecified atom stereocenters. The van der Waals surface area contributed by atoms with Gasteiger partial charge < -0.3 is 0 Å². The molecular formula is C17H27NO. The average molecular weight is 261 g/mol. The van der Waals surface area contributed by atoms with Gasteiger partial charge in [0.2, 0.25) is 0 Å². The first-order valence-electron chi connectivity index (χ1n) is 7.30. The molecule has 0 radical (unpaired) electrons. The predicted molar refractivity (Wildman–Crippen MR) is 81.3 cm³/mol. The molecule has 19 heavy (non-hydrogen) atoms. The molecule has 106 valence electrons. The van der Waals surface area contributed by atoms with Gasteiger partial charge in [0, 0.05) is 12.0 Å². The molecule has 0 N–H and O–H groups in total. The van der Waals surface area contributed by atoms with Gasteiger partial charge in [-0.3, -0.25) is 9.69 Å². The van der Waals surface area contributed by atoms with Crippen LogP contribution in [0.3, 0.4) is 0 Å². The monoisotopic (exact) mass is 261 g/mol. The van der Waals surface area contributed by atoms with E-state index < -0.39 is 0 Å². The molecule has 0 amide bonds. The third-order valence-electron chi connectivity index (χ3n) is 3.60. The molecule has 0 heterocycles. The smallest absolute Gasteiger partial charge is 0.152 e. The zero-order valence-electron chi connectivity index (χ0n) is 12.9. The third-order valence-corrected chi connectivity index (χ3v) is 3.60. The molecule has 2 nitrogen and oxygen atoms in total. The summed E-state index contributed by atoms with van der Waals surface area (Å²) in [4.78, 5) is 14.8. The zero-order valence-corrected chi connectivity index (χ0v) is 12.9. The molecule has 0 fully saturated rings. The number of hydrogen-bond donors (Lipinski definition) is 0. The van der Waals surface area contributed by atoms with Crippen molar-refractivity contribution in [1.29, 1.82) is 0 Å². The number of carbonyl (C=O) groups is 1. The summed E-state index contributed by atoms with van der Waals surface area (Å²) in [5, 5.41) is 0. The summed E-state index contributed by atoms with van der Waals surface area (Å²) in [6.45, 7) is 11.4. The van der Waals surface area contributed by atoms with E-state index >= 15 is 0 Å². The average Bonchev–Trinajstić information content (AvgIpc) is 2.38. The van der Waals surface area contributed by atoms with Crippen molar-refractivity contribution in [2.24, 2.45) is 5.92 Å². The largest absolute Gasteiger partial charge is 0.298 e. The molecule has 0 aliphatic heterocycles. The first-order chi connectivity index (χ1) is 8.97. The van der Waals surface area contributed by atoms with Crippen LogP contribution in [-0.2, 0) is 11.2 Å². The van der Waals surface area contributed by atoms with Crippen molar-refractivity contribution in [2.75, 3.05) is 6.54 Å². The molecule has 0 aromatic heterocycles. The molecule has 1 rings (SSSR count). The number of hydrogen-bond acceptors (Lipinski definition) is 2. The van der Waals surface area contributed by atoms with Crippen molar-refractivity contribution in [3.63, 3.8) is 0 Å². The predicted octanol–water partition coefficient (Wildman–Crippen LogP) is 3.55. The van der Waals surface area contributed by atoms with E-state index in [1.807, 2.05) is 32.0 Å². The van der Waals surface area contributed by atoms with Crippen molar-refractivity contribution in [2.45, 2.75) is 53.1 Å². The van der Waals surface area contributed by atoms with Crippen LogP contribution in [0.15, 0.2) is 30.3 Å². The fraction of sp³-hybridized carbons (Fsp3) is 0.588. The molecule has 0 bridgehead atoms. The van der Waals surface area contributed by atoms with Gasteiger partial charge in [-0.15, -0.1) is 0 Å². The van der Waals surface area contributed by atoms with Gasteiger partial charge in [-0.05, 0) is 32.4 Å². The Morgan fingerprint density at radius 2 is 1.68 bits per heavy atom. The van der Waals surface area contributed by atoms with E-state index in [1.54, 1.807) is 0 Å². The van der Waals surface area contributed by atoms with Crippen LogP contribution in [0.25, 0.3) is 0 Å². The Bertz CT molecular complexity index is 384. The second-order valence-electron chi connectivity index (χ2n) is 5.69.